The minimum absolute atomic E-state index is 0.382. The van der Waals surface area contributed by atoms with Crippen LogP contribution in [0.25, 0.3) is 0 Å². The summed E-state index contributed by atoms with van der Waals surface area (Å²) in [5, 5.41) is 11.4. The highest BCUT2D eigenvalue weighted by Gasteiger charge is 2.30. The van der Waals surface area contributed by atoms with Gasteiger partial charge in [-0.05, 0) is 23.8 Å². The third-order valence-electron chi connectivity index (χ3n) is 2.44. The molecule has 0 aliphatic carbocycles. The van der Waals surface area contributed by atoms with E-state index in [1.54, 1.807) is 11.8 Å². The summed E-state index contributed by atoms with van der Waals surface area (Å²) < 4.78 is 0. The molecule has 0 aromatic carbocycles. The van der Waals surface area contributed by atoms with Crippen LogP contribution in [-0.4, -0.2) is 41.1 Å². The van der Waals surface area contributed by atoms with Crippen molar-refractivity contribution in [2.75, 3.05) is 12.0 Å². The van der Waals surface area contributed by atoms with Crippen molar-refractivity contribution in [3.05, 3.63) is 0 Å². The molecular weight excluding hydrogens is 240 g/mol. The summed E-state index contributed by atoms with van der Waals surface area (Å²) in [5.41, 5.74) is 5.38. The smallest absolute Gasteiger partial charge is 0.326 e. The normalized spacial score (nSPS) is 15.1. The van der Waals surface area contributed by atoms with Crippen LogP contribution in [0.5, 0.6) is 0 Å². The molecule has 0 saturated carbocycles. The Morgan fingerprint density at radius 3 is 2.29 bits per heavy atom. The van der Waals surface area contributed by atoms with Gasteiger partial charge in [0.15, 0.2) is 0 Å². The van der Waals surface area contributed by atoms with E-state index in [0.717, 1.165) is 0 Å². The molecule has 4 N–H and O–H groups in total. The molecule has 0 fully saturated rings. The van der Waals surface area contributed by atoms with Gasteiger partial charge in [0.2, 0.25) is 5.91 Å². The molecule has 5 nitrogen and oxygen atoms in total. The summed E-state index contributed by atoms with van der Waals surface area (Å²) in [7, 11) is 0. The number of nitrogens with one attached hydrogen (secondary N) is 1. The van der Waals surface area contributed by atoms with Crippen molar-refractivity contribution in [3.8, 4) is 0 Å². The lowest BCUT2D eigenvalue weighted by Gasteiger charge is -2.27. The maximum absolute atomic E-state index is 11.8. The standard InChI is InChI=1S/C11H22N2O3S/c1-11(2,3)8(12)9(14)13-7(10(15)16)5-6-17-4/h7-8H,5-6,12H2,1-4H3,(H,13,14)(H,15,16)/t7-,8?/m1/s1. The van der Waals surface area contributed by atoms with Crippen LogP contribution in [0.1, 0.15) is 27.2 Å². The number of carbonyl (C=O) groups excluding carboxylic acids is 1. The Labute approximate surface area is 107 Å². The average molecular weight is 262 g/mol. The van der Waals surface area contributed by atoms with E-state index in [4.69, 9.17) is 10.8 Å². The van der Waals surface area contributed by atoms with Crippen LogP contribution in [0, 0.1) is 5.41 Å². The van der Waals surface area contributed by atoms with Crippen LogP contribution in [0.3, 0.4) is 0 Å². The lowest BCUT2D eigenvalue weighted by atomic mass is 9.87. The Balaban J connectivity index is 4.45. The average Bonchev–Trinajstić information content (AvgIpc) is 2.20. The molecule has 2 atom stereocenters. The van der Waals surface area contributed by atoms with Crippen molar-refractivity contribution in [2.24, 2.45) is 11.1 Å². The maximum atomic E-state index is 11.8. The quantitative estimate of drug-likeness (QED) is 0.654. The van der Waals surface area contributed by atoms with E-state index in [1.165, 1.54) is 0 Å². The predicted molar refractivity (Wildman–Crippen MR) is 70.0 cm³/mol. The molecule has 0 rings (SSSR count). The monoisotopic (exact) mass is 262 g/mol. The summed E-state index contributed by atoms with van der Waals surface area (Å²) in [6.45, 7) is 5.53. The van der Waals surface area contributed by atoms with Crippen LogP contribution in [0.15, 0.2) is 0 Å². The van der Waals surface area contributed by atoms with E-state index in [-0.39, 0.29) is 5.41 Å². The van der Waals surface area contributed by atoms with Gasteiger partial charge in [-0.15, -0.1) is 0 Å². The molecule has 1 unspecified atom stereocenters. The number of hydrogen-bond donors (Lipinski definition) is 3. The fourth-order valence-electron chi connectivity index (χ4n) is 1.15. The van der Waals surface area contributed by atoms with Crippen molar-refractivity contribution < 1.29 is 14.7 Å². The molecule has 0 heterocycles. The first-order valence-corrected chi connectivity index (χ1v) is 6.87. The summed E-state index contributed by atoms with van der Waals surface area (Å²) in [6, 6.07) is -1.57. The molecule has 6 heteroatoms. The Bertz CT molecular complexity index is 276. The Kier molecular flexibility index (Phi) is 6.56. The molecule has 0 aromatic heterocycles. The summed E-state index contributed by atoms with van der Waals surface area (Å²) in [4.78, 5) is 22.7. The third-order valence-corrected chi connectivity index (χ3v) is 3.08. The highest BCUT2D eigenvalue weighted by Crippen LogP contribution is 2.17. The highest BCUT2D eigenvalue weighted by molar-refractivity contribution is 7.98. The number of carbonyl (C=O) groups is 2. The number of hydrogen-bond acceptors (Lipinski definition) is 4. The van der Waals surface area contributed by atoms with Crippen molar-refractivity contribution in [1.82, 2.24) is 5.32 Å². The van der Waals surface area contributed by atoms with E-state index >= 15 is 0 Å². The van der Waals surface area contributed by atoms with Gasteiger partial charge in [-0.3, -0.25) is 4.79 Å². The second kappa shape index (κ2) is 6.86. The van der Waals surface area contributed by atoms with Gasteiger partial charge in [0, 0.05) is 0 Å². The molecule has 0 bridgehead atoms. The maximum Gasteiger partial charge on any atom is 0.326 e. The molecule has 0 aliphatic heterocycles. The lowest BCUT2D eigenvalue weighted by Crippen LogP contribution is -2.53. The number of thioether (sulfide) groups is 1. The molecule has 0 spiro atoms. The van der Waals surface area contributed by atoms with Crippen LogP contribution in [0.4, 0.5) is 0 Å². The summed E-state index contributed by atoms with van der Waals surface area (Å²) in [5.74, 6) is -0.748. The van der Waals surface area contributed by atoms with Gasteiger partial charge in [0.1, 0.15) is 6.04 Å². The Hall–Kier alpha value is -0.750. The van der Waals surface area contributed by atoms with E-state index < -0.39 is 24.0 Å². The van der Waals surface area contributed by atoms with Crippen molar-refractivity contribution >= 4 is 23.6 Å². The summed E-state index contributed by atoms with van der Waals surface area (Å²) in [6.07, 6.45) is 2.29. The number of rotatable bonds is 6. The number of amides is 1. The number of aliphatic carboxylic acids is 1. The summed E-state index contributed by atoms with van der Waals surface area (Å²) >= 11 is 1.54. The number of carboxylic acids is 1. The molecular formula is C11H22N2O3S. The Morgan fingerprint density at radius 2 is 1.94 bits per heavy atom. The van der Waals surface area contributed by atoms with Gasteiger partial charge in [0.25, 0.3) is 0 Å². The third kappa shape index (κ3) is 5.93. The highest BCUT2D eigenvalue weighted by atomic mass is 32.2. The van der Waals surface area contributed by atoms with Crippen molar-refractivity contribution in [2.45, 2.75) is 39.3 Å². The first kappa shape index (κ1) is 16.2. The van der Waals surface area contributed by atoms with E-state index in [1.807, 2.05) is 27.0 Å². The van der Waals surface area contributed by atoms with Gasteiger partial charge >= 0.3 is 5.97 Å². The zero-order chi connectivity index (χ0) is 13.6. The SMILES string of the molecule is CSCC[C@@H](NC(=O)C(N)C(C)(C)C)C(=O)O. The molecule has 0 aliphatic rings. The topological polar surface area (TPSA) is 92.4 Å². The zero-order valence-electron chi connectivity index (χ0n) is 10.8. The van der Waals surface area contributed by atoms with Gasteiger partial charge in [-0.2, -0.15) is 11.8 Å². The van der Waals surface area contributed by atoms with Crippen LogP contribution in [0.2, 0.25) is 0 Å². The molecule has 17 heavy (non-hydrogen) atoms. The first-order chi connectivity index (χ1) is 7.70. The second-order valence-electron chi connectivity index (χ2n) is 5.02. The largest absolute Gasteiger partial charge is 0.480 e. The number of carboxylic acid groups (broad SMARTS) is 1. The molecule has 0 radical (unpaired) electrons. The van der Waals surface area contributed by atoms with E-state index in [0.29, 0.717) is 12.2 Å². The van der Waals surface area contributed by atoms with E-state index in [2.05, 4.69) is 5.32 Å². The predicted octanol–water partition coefficient (Wildman–Crippen LogP) is 0.682. The number of nitrogens with two attached hydrogens (primary N) is 1. The van der Waals surface area contributed by atoms with Gasteiger partial charge in [-0.25, -0.2) is 4.79 Å². The molecule has 0 aromatic rings. The van der Waals surface area contributed by atoms with Crippen molar-refractivity contribution in [3.63, 3.8) is 0 Å². The van der Waals surface area contributed by atoms with Gasteiger partial charge < -0.3 is 16.2 Å². The van der Waals surface area contributed by atoms with Gasteiger partial charge in [-0.1, -0.05) is 20.8 Å². The van der Waals surface area contributed by atoms with Crippen LogP contribution < -0.4 is 11.1 Å². The fraction of sp³-hybridized carbons (Fsp3) is 0.818. The van der Waals surface area contributed by atoms with Crippen LogP contribution in [-0.2, 0) is 9.59 Å². The fourth-order valence-corrected chi connectivity index (χ4v) is 1.62. The van der Waals surface area contributed by atoms with E-state index in [9.17, 15) is 9.59 Å². The van der Waals surface area contributed by atoms with Gasteiger partial charge in [0.05, 0.1) is 6.04 Å². The molecule has 1 amide bonds. The van der Waals surface area contributed by atoms with Crippen molar-refractivity contribution in [1.29, 1.82) is 0 Å². The Morgan fingerprint density at radius 1 is 1.41 bits per heavy atom. The lowest BCUT2D eigenvalue weighted by molar-refractivity contribution is -0.142. The minimum Gasteiger partial charge on any atom is -0.480 e. The first-order valence-electron chi connectivity index (χ1n) is 5.48. The molecule has 0 saturated heterocycles. The van der Waals surface area contributed by atoms with Crippen LogP contribution >= 0.6 is 11.8 Å². The second-order valence-corrected chi connectivity index (χ2v) is 6.01. The molecule has 100 valence electrons. The minimum atomic E-state index is -1.02. The zero-order valence-corrected chi connectivity index (χ0v) is 11.6.